The van der Waals surface area contributed by atoms with Crippen LogP contribution in [-0.2, 0) is 0 Å². The number of benzene rings is 1. The third kappa shape index (κ3) is 4.89. The molecule has 0 amide bonds. The van der Waals surface area contributed by atoms with E-state index in [9.17, 15) is 0 Å². The lowest BCUT2D eigenvalue weighted by atomic mass is 10.1. The van der Waals surface area contributed by atoms with Gasteiger partial charge >= 0.3 is 0 Å². The van der Waals surface area contributed by atoms with E-state index in [0.29, 0.717) is 5.92 Å². The molecule has 0 spiro atoms. The van der Waals surface area contributed by atoms with Crippen LogP contribution in [-0.4, -0.2) is 6.61 Å². The summed E-state index contributed by atoms with van der Waals surface area (Å²) in [5, 5.41) is 0.739. The predicted octanol–water partition coefficient (Wildman–Crippen LogP) is 4.32. The number of rotatable bonds is 6. The van der Waals surface area contributed by atoms with Gasteiger partial charge in [-0.1, -0.05) is 24.6 Å². The SMILES string of the molecule is C=CC(C)CCCOc1ccc(Cl)cc1. The molecule has 1 aromatic carbocycles. The van der Waals surface area contributed by atoms with Crippen LogP contribution >= 0.6 is 11.6 Å². The minimum Gasteiger partial charge on any atom is -0.494 e. The number of ether oxygens (including phenoxy) is 1. The highest BCUT2D eigenvalue weighted by molar-refractivity contribution is 6.30. The molecule has 0 heterocycles. The summed E-state index contributed by atoms with van der Waals surface area (Å²) in [6, 6.07) is 7.45. The predicted molar refractivity (Wildman–Crippen MR) is 65.5 cm³/mol. The smallest absolute Gasteiger partial charge is 0.119 e. The van der Waals surface area contributed by atoms with E-state index in [2.05, 4.69) is 13.5 Å². The van der Waals surface area contributed by atoms with E-state index in [1.165, 1.54) is 0 Å². The second-order valence-electron chi connectivity index (χ2n) is 3.66. The van der Waals surface area contributed by atoms with Crippen LogP contribution in [0.25, 0.3) is 0 Å². The Bertz CT molecular complexity index is 292. The highest BCUT2D eigenvalue weighted by Gasteiger charge is 1.97. The zero-order chi connectivity index (χ0) is 11.1. The van der Waals surface area contributed by atoms with Gasteiger partial charge in [-0.3, -0.25) is 0 Å². The first-order valence-corrected chi connectivity index (χ1v) is 5.61. The summed E-state index contributed by atoms with van der Waals surface area (Å²) in [5.74, 6) is 1.45. The summed E-state index contributed by atoms with van der Waals surface area (Å²) in [5.41, 5.74) is 0. The summed E-state index contributed by atoms with van der Waals surface area (Å²) in [4.78, 5) is 0. The fourth-order valence-corrected chi connectivity index (χ4v) is 1.37. The van der Waals surface area contributed by atoms with E-state index in [1.54, 1.807) is 0 Å². The third-order valence-corrected chi connectivity index (χ3v) is 2.54. The van der Waals surface area contributed by atoms with Gasteiger partial charge in [0.2, 0.25) is 0 Å². The Labute approximate surface area is 96.7 Å². The number of hydrogen-bond acceptors (Lipinski definition) is 1. The van der Waals surface area contributed by atoms with E-state index in [4.69, 9.17) is 16.3 Å². The quantitative estimate of drug-likeness (QED) is 0.517. The van der Waals surface area contributed by atoms with E-state index in [-0.39, 0.29) is 0 Å². The Hall–Kier alpha value is -0.950. The van der Waals surface area contributed by atoms with E-state index < -0.39 is 0 Å². The molecule has 1 atom stereocenters. The van der Waals surface area contributed by atoms with Crippen molar-refractivity contribution >= 4 is 11.6 Å². The minimum atomic E-state index is 0.568. The lowest BCUT2D eigenvalue weighted by Crippen LogP contribution is -1.99. The lowest BCUT2D eigenvalue weighted by Gasteiger charge is -2.07. The van der Waals surface area contributed by atoms with Crippen LogP contribution < -0.4 is 4.74 Å². The van der Waals surface area contributed by atoms with Gasteiger partial charge in [-0.2, -0.15) is 0 Å². The molecule has 0 saturated carbocycles. The van der Waals surface area contributed by atoms with Crippen molar-refractivity contribution in [3.63, 3.8) is 0 Å². The number of allylic oxidation sites excluding steroid dienone is 1. The topological polar surface area (TPSA) is 9.23 Å². The van der Waals surface area contributed by atoms with Gasteiger partial charge in [0, 0.05) is 5.02 Å². The second kappa shape index (κ2) is 6.52. The summed E-state index contributed by atoms with van der Waals surface area (Å²) in [7, 11) is 0. The van der Waals surface area contributed by atoms with Crippen LogP contribution in [0.1, 0.15) is 19.8 Å². The Morgan fingerprint density at radius 1 is 1.40 bits per heavy atom. The number of halogens is 1. The maximum absolute atomic E-state index is 5.77. The Morgan fingerprint density at radius 3 is 2.67 bits per heavy atom. The van der Waals surface area contributed by atoms with Crippen molar-refractivity contribution in [3.8, 4) is 5.75 Å². The van der Waals surface area contributed by atoms with Crippen LogP contribution in [0, 0.1) is 5.92 Å². The van der Waals surface area contributed by atoms with Gasteiger partial charge in [0.1, 0.15) is 5.75 Å². The van der Waals surface area contributed by atoms with Gasteiger partial charge in [0.15, 0.2) is 0 Å². The van der Waals surface area contributed by atoms with Crippen molar-refractivity contribution in [3.05, 3.63) is 41.9 Å². The zero-order valence-corrected chi connectivity index (χ0v) is 9.83. The molecular formula is C13H17ClO. The Kier molecular flexibility index (Phi) is 5.27. The van der Waals surface area contributed by atoms with Crippen LogP contribution in [0.3, 0.4) is 0 Å². The molecule has 2 heteroatoms. The van der Waals surface area contributed by atoms with Crippen molar-refractivity contribution in [2.75, 3.05) is 6.61 Å². The lowest BCUT2D eigenvalue weighted by molar-refractivity contribution is 0.301. The molecule has 0 aliphatic rings. The molecular weight excluding hydrogens is 208 g/mol. The van der Waals surface area contributed by atoms with Gasteiger partial charge in [0.05, 0.1) is 6.61 Å². The number of hydrogen-bond donors (Lipinski definition) is 0. The molecule has 0 aliphatic heterocycles. The minimum absolute atomic E-state index is 0.568. The first-order chi connectivity index (χ1) is 7.22. The maximum Gasteiger partial charge on any atom is 0.119 e. The van der Waals surface area contributed by atoms with Crippen molar-refractivity contribution in [2.45, 2.75) is 19.8 Å². The molecule has 15 heavy (non-hydrogen) atoms. The fourth-order valence-electron chi connectivity index (χ4n) is 1.24. The molecule has 1 aromatic rings. The van der Waals surface area contributed by atoms with Crippen molar-refractivity contribution in [2.24, 2.45) is 5.92 Å². The van der Waals surface area contributed by atoms with Gasteiger partial charge in [-0.25, -0.2) is 0 Å². The fraction of sp³-hybridized carbons (Fsp3) is 0.385. The summed E-state index contributed by atoms with van der Waals surface area (Å²) in [6.45, 7) is 6.66. The standard InChI is InChI=1S/C13H17ClO/c1-3-11(2)5-4-10-15-13-8-6-12(14)7-9-13/h3,6-9,11H,1,4-5,10H2,2H3. The molecule has 0 N–H and O–H groups in total. The summed E-state index contributed by atoms with van der Waals surface area (Å²) < 4.78 is 5.56. The van der Waals surface area contributed by atoms with Crippen LogP contribution in [0.4, 0.5) is 0 Å². The van der Waals surface area contributed by atoms with E-state index in [0.717, 1.165) is 30.2 Å². The second-order valence-corrected chi connectivity index (χ2v) is 4.09. The first-order valence-electron chi connectivity index (χ1n) is 5.23. The monoisotopic (exact) mass is 224 g/mol. The van der Waals surface area contributed by atoms with Crippen LogP contribution in [0.15, 0.2) is 36.9 Å². The molecule has 0 aliphatic carbocycles. The zero-order valence-electron chi connectivity index (χ0n) is 9.08. The molecule has 1 nitrogen and oxygen atoms in total. The molecule has 0 aromatic heterocycles. The molecule has 0 saturated heterocycles. The molecule has 1 unspecified atom stereocenters. The van der Waals surface area contributed by atoms with Crippen molar-refractivity contribution in [1.29, 1.82) is 0 Å². The van der Waals surface area contributed by atoms with Gasteiger partial charge in [-0.15, -0.1) is 6.58 Å². The average molecular weight is 225 g/mol. The average Bonchev–Trinajstić information content (AvgIpc) is 2.26. The highest BCUT2D eigenvalue weighted by atomic mass is 35.5. The Balaban J connectivity index is 2.20. The van der Waals surface area contributed by atoms with E-state index >= 15 is 0 Å². The summed E-state index contributed by atoms with van der Waals surface area (Å²) in [6.07, 6.45) is 4.15. The molecule has 0 radical (unpaired) electrons. The Morgan fingerprint density at radius 2 is 2.07 bits per heavy atom. The molecule has 0 bridgehead atoms. The van der Waals surface area contributed by atoms with Crippen molar-refractivity contribution in [1.82, 2.24) is 0 Å². The first kappa shape index (κ1) is 12.1. The van der Waals surface area contributed by atoms with Gasteiger partial charge in [-0.05, 0) is 43.0 Å². The van der Waals surface area contributed by atoms with E-state index in [1.807, 2.05) is 30.3 Å². The molecule has 0 fully saturated rings. The van der Waals surface area contributed by atoms with Crippen molar-refractivity contribution < 1.29 is 4.74 Å². The third-order valence-electron chi connectivity index (χ3n) is 2.29. The normalized spacial score (nSPS) is 12.1. The highest BCUT2D eigenvalue weighted by Crippen LogP contribution is 2.16. The van der Waals surface area contributed by atoms with Gasteiger partial charge < -0.3 is 4.74 Å². The van der Waals surface area contributed by atoms with Crippen LogP contribution in [0.5, 0.6) is 5.75 Å². The molecule has 82 valence electrons. The largest absolute Gasteiger partial charge is 0.494 e. The summed E-state index contributed by atoms with van der Waals surface area (Å²) >= 11 is 5.77. The van der Waals surface area contributed by atoms with Crippen LogP contribution in [0.2, 0.25) is 5.02 Å². The maximum atomic E-state index is 5.77. The van der Waals surface area contributed by atoms with Gasteiger partial charge in [0.25, 0.3) is 0 Å². The molecule has 1 rings (SSSR count).